The molecule has 4 heteroatoms. The molecular formula is C25H39NO3. The molecule has 0 radical (unpaired) electrons. The maximum absolute atomic E-state index is 12.2. The lowest BCUT2D eigenvalue weighted by atomic mass is 9.43. The largest absolute Gasteiger partial charge is 0.472 e. The Balaban J connectivity index is 1.39. The van der Waals surface area contributed by atoms with Gasteiger partial charge >= 0.3 is 0 Å². The van der Waals surface area contributed by atoms with Crippen molar-refractivity contribution in [2.45, 2.75) is 89.3 Å². The summed E-state index contributed by atoms with van der Waals surface area (Å²) in [6.07, 6.45) is 14.5. The van der Waals surface area contributed by atoms with Gasteiger partial charge in [0.15, 0.2) is 0 Å². The van der Waals surface area contributed by atoms with E-state index in [1.165, 1.54) is 37.7 Å². The number of hydrogen-bond acceptors (Lipinski definition) is 4. The topological polar surface area (TPSA) is 68.6 Å². The number of fused-ring (bicyclic) bond motifs is 5. The van der Waals surface area contributed by atoms with Gasteiger partial charge in [0.2, 0.25) is 0 Å². The van der Waals surface area contributed by atoms with Crippen LogP contribution in [-0.2, 0) is 4.74 Å². The molecule has 1 aromatic heterocycles. The SMILES string of the molecule is C[C@]12CCC(OCCN)CC1CC[C@@H]1[C@H]2CC[C@]2(C)C(c3ccoc3)CC[C@@]12O. The van der Waals surface area contributed by atoms with Crippen molar-refractivity contribution < 1.29 is 14.3 Å². The summed E-state index contributed by atoms with van der Waals surface area (Å²) in [5.74, 6) is 2.26. The molecule has 29 heavy (non-hydrogen) atoms. The van der Waals surface area contributed by atoms with Crippen LogP contribution in [0.2, 0.25) is 0 Å². The van der Waals surface area contributed by atoms with Crippen molar-refractivity contribution >= 4 is 0 Å². The third-order valence-electron chi connectivity index (χ3n) is 10.2. The lowest BCUT2D eigenvalue weighted by molar-refractivity contribution is -0.207. The van der Waals surface area contributed by atoms with Gasteiger partial charge in [0, 0.05) is 12.0 Å². The molecule has 4 aliphatic carbocycles. The minimum Gasteiger partial charge on any atom is -0.472 e. The summed E-state index contributed by atoms with van der Waals surface area (Å²) < 4.78 is 11.5. The van der Waals surface area contributed by atoms with Crippen LogP contribution in [0.25, 0.3) is 0 Å². The maximum atomic E-state index is 12.2. The fourth-order valence-corrected chi connectivity index (χ4v) is 8.58. The fraction of sp³-hybridized carbons (Fsp3) is 0.840. The molecule has 4 saturated carbocycles. The van der Waals surface area contributed by atoms with E-state index in [1.807, 2.05) is 6.26 Å². The lowest BCUT2D eigenvalue weighted by Gasteiger charge is -2.63. The van der Waals surface area contributed by atoms with Crippen molar-refractivity contribution in [3.8, 4) is 0 Å². The molecule has 5 rings (SSSR count). The highest BCUT2D eigenvalue weighted by atomic mass is 16.5. The molecule has 1 aromatic rings. The molecule has 8 atom stereocenters. The van der Waals surface area contributed by atoms with Gasteiger partial charge in [-0.2, -0.15) is 0 Å². The Labute approximate surface area is 175 Å². The van der Waals surface area contributed by atoms with Gasteiger partial charge in [0.25, 0.3) is 0 Å². The van der Waals surface area contributed by atoms with Crippen molar-refractivity contribution in [3.63, 3.8) is 0 Å². The number of rotatable bonds is 4. The molecule has 0 amide bonds. The molecule has 1 heterocycles. The summed E-state index contributed by atoms with van der Waals surface area (Å²) >= 11 is 0. The smallest absolute Gasteiger partial charge is 0.0937 e. The van der Waals surface area contributed by atoms with E-state index >= 15 is 0 Å². The fourth-order valence-electron chi connectivity index (χ4n) is 8.58. The van der Waals surface area contributed by atoms with E-state index in [0.717, 1.165) is 31.6 Å². The van der Waals surface area contributed by atoms with E-state index in [-0.39, 0.29) is 5.41 Å². The van der Waals surface area contributed by atoms with Crippen LogP contribution >= 0.6 is 0 Å². The normalized spacial score (nSPS) is 49.3. The molecule has 0 saturated heterocycles. The number of aliphatic hydroxyl groups is 1. The van der Waals surface area contributed by atoms with Crippen LogP contribution in [0.3, 0.4) is 0 Å². The van der Waals surface area contributed by atoms with E-state index < -0.39 is 5.60 Å². The number of hydrogen-bond donors (Lipinski definition) is 2. The second-order valence-electron chi connectivity index (χ2n) is 11.1. The zero-order valence-corrected chi connectivity index (χ0v) is 18.2. The Morgan fingerprint density at radius 3 is 2.72 bits per heavy atom. The van der Waals surface area contributed by atoms with Gasteiger partial charge in [0.1, 0.15) is 0 Å². The third-order valence-corrected chi connectivity index (χ3v) is 10.2. The predicted molar refractivity (Wildman–Crippen MR) is 113 cm³/mol. The first-order valence-corrected chi connectivity index (χ1v) is 12.0. The highest BCUT2D eigenvalue weighted by molar-refractivity contribution is 5.26. The van der Waals surface area contributed by atoms with Gasteiger partial charge < -0.3 is 20.0 Å². The van der Waals surface area contributed by atoms with Crippen LogP contribution < -0.4 is 5.73 Å². The van der Waals surface area contributed by atoms with Crippen LogP contribution in [-0.4, -0.2) is 30.0 Å². The minimum atomic E-state index is -0.529. The van der Waals surface area contributed by atoms with Gasteiger partial charge in [-0.1, -0.05) is 13.8 Å². The first kappa shape index (κ1) is 20.1. The molecule has 0 spiro atoms. The summed E-state index contributed by atoms with van der Waals surface area (Å²) in [4.78, 5) is 0. The highest BCUT2D eigenvalue weighted by Gasteiger charge is 2.67. The van der Waals surface area contributed by atoms with Crippen molar-refractivity contribution in [2.24, 2.45) is 34.3 Å². The molecular weight excluding hydrogens is 362 g/mol. The molecule has 3 N–H and O–H groups in total. The molecule has 4 fully saturated rings. The molecule has 0 aliphatic heterocycles. The molecule has 0 aromatic carbocycles. The van der Waals surface area contributed by atoms with Crippen LogP contribution in [0.4, 0.5) is 0 Å². The van der Waals surface area contributed by atoms with Gasteiger partial charge in [-0.15, -0.1) is 0 Å². The second kappa shape index (κ2) is 7.10. The molecule has 4 nitrogen and oxygen atoms in total. The highest BCUT2D eigenvalue weighted by Crippen LogP contribution is 2.70. The monoisotopic (exact) mass is 401 g/mol. The summed E-state index contributed by atoms with van der Waals surface area (Å²) in [7, 11) is 0. The Morgan fingerprint density at radius 1 is 1.10 bits per heavy atom. The summed E-state index contributed by atoms with van der Waals surface area (Å²) in [5, 5.41) is 12.2. The zero-order valence-electron chi connectivity index (χ0n) is 18.2. The average molecular weight is 402 g/mol. The number of furan rings is 1. The van der Waals surface area contributed by atoms with E-state index in [4.69, 9.17) is 14.9 Å². The lowest BCUT2D eigenvalue weighted by Crippen LogP contribution is -2.62. The Hall–Kier alpha value is -0.840. The molecule has 0 bridgehead atoms. The molecule has 162 valence electrons. The van der Waals surface area contributed by atoms with Crippen molar-refractivity contribution in [1.29, 1.82) is 0 Å². The Kier molecular flexibility index (Phi) is 4.92. The van der Waals surface area contributed by atoms with Crippen LogP contribution in [0, 0.1) is 28.6 Å². The number of nitrogens with two attached hydrogens (primary N) is 1. The zero-order chi connectivity index (χ0) is 20.3. The van der Waals surface area contributed by atoms with Gasteiger partial charge in [-0.3, -0.25) is 0 Å². The van der Waals surface area contributed by atoms with E-state index in [2.05, 4.69) is 19.9 Å². The summed E-state index contributed by atoms with van der Waals surface area (Å²) in [5.41, 5.74) is 6.75. The molecule has 3 unspecified atom stereocenters. The first-order valence-electron chi connectivity index (χ1n) is 12.0. The van der Waals surface area contributed by atoms with E-state index in [9.17, 15) is 5.11 Å². The minimum absolute atomic E-state index is 0.0251. The Morgan fingerprint density at radius 2 is 1.97 bits per heavy atom. The van der Waals surface area contributed by atoms with Crippen molar-refractivity contribution in [2.75, 3.05) is 13.2 Å². The predicted octanol–water partition coefficient (Wildman–Crippen LogP) is 4.86. The maximum Gasteiger partial charge on any atom is 0.0937 e. The third kappa shape index (κ3) is 2.81. The second-order valence-corrected chi connectivity index (χ2v) is 11.1. The quantitative estimate of drug-likeness (QED) is 0.756. The van der Waals surface area contributed by atoms with E-state index in [0.29, 0.717) is 42.4 Å². The van der Waals surface area contributed by atoms with Gasteiger partial charge in [-0.25, -0.2) is 0 Å². The van der Waals surface area contributed by atoms with Gasteiger partial charge in [-0.05, 0) is 98.5 Å². The first-order chi connectivity index (χ1) is 13.9. The van der Waals surface area contributed by atoms with Crippen molar-refractivity contribution in [1.82, 2.24) is 0 Å². The van der Waals surface area contributed by atoms with Crippen LogP contribution in [0.1, 0.15) is 83.1 Å². The standard InChI is InChI=1S/C25H39NO3/c1-23-9-5-19(29-14-12-26)15-18(23)3-4-22-21(23)6-10-24(2)20(7-11-25(22,24)27)17-8-13-28-16-17/h8,13,16,18-22,27H,3-7,9-12,14-15,26H2,1-2H3/t18?,19?,20?,21-,22-,23+,24-,25-/m1/s1. The number of ether oxygens (including phenoxy) is 1. The average Bonchev–Trinajstić information content (AvgIpc) is 3.32. The van der Waals surface area contributed by atoms with E-state index in [1.54, 1.807) is 6.26 Å². The van der Waals surface area contributed by atoms with Gasteiger partial charge in [0.05, 0.1) is 30.8 Å². The molecule has 4 aliphatic rings. The summed E-state index contributed by atoms with van der Waals surface area (Å²) in [6.45, 7) is 6.22. The Bertz CT molecular complexity index is 720. The van der Waals surface area contributed by atoms with Crippen molar-refractivity contribution in [3.05, 3.63) is 24.2 Å². The summed E-state index contributed by atoms with van der Waals surface area (Å²) in [6, 6.07) is 2.12. The van der Waals surface area contributed by atoms with Crippen LogP contribution in [0.5, 0.6) is 0 Å². The van der Waals surface area contributed by atoms with Crippen LogP contribution in [0.15, 0.2) is 23.0 Å².